The number of rotatable bonds is 9. The maximum absolute atomic E-state index is 11.9. The first-order chi connectivity index (χ1) is 14.7. The summed E-state index contributed by atoms with van der Waals surface area (Å²) in [6, 6.07) is 0. The van der Waals surface area contributed by atoms with Crippen LogP contribution in [0.5, 0.6) is 0 Å². The Bertz CT molecular complexity index is 699. The summed E-state index contributed by atoms with van der Waals surface area (Å²) in [5.41, 5.74) is -1.23. The van der Waals surface area contributed by atoms with Crippen LogP contribution in [0.25, 0.3) is 0 Å². The number of esters is 3. The van der Waals surface area contributed by atoms with Crippen molar-refractivity contribution in [2.75, 3.05) is 6.61 Å². The minimum atomic E-state index is -1.27. The molecule has 1 rings (SSSR count). The predicted octanol–water partition coefficient (Wildman–Crippen LogP) is 2.62. The van der Waals surface area contributed by atoms with Crippen molar-refractivity contribution in [3.8, 4) is 0 Å². The van der Waals surface area contributed by atoms with Gasteiger partial charge in [-0.05, 0) is 27.7 Å². The van der Waals surface area contributed by atoms with Crippen molar-refractivity contribution >= 4 is 24.1 Å². The molecular weight excluding hydrogens is 426 g/mol. The minimum Gasteiger partial charge on any atom is -0.462 e. The molecule has 2 atom stereocenters. The molecule has 2 unspecified atom stereocenters. The predicted molar refractivity (Wildman–Crippen MR) is 110 cm³/mol. The standard InChI is InChI=1S/C21H33NO10/c1-9-17(25)30-15(4)31-19(26)27-12-18(29-14(3)24)32-22-20(5,6)10-16(28-13(2)23)11-21(22,7)8/h9,15-16,18H,1,10-12H2,2-8H3. The molecule has 11 heteroatoms. The van der Waals surface area contributed by atoms with Crippen LogP contribution in [0.3, 0.4) is 0 Å². The van der Waals surface area contributed by atoms with Gasteiger partial charge in [0.25, 0.3) is 6.29 Å². The molecule has 1 aliphatic heterocycles. The summed E-state index contributed by atoms with van der Waals surface area (Å²) in [4.78, 5) is 51.9. The molecule has 32 heavy (non-hydrogen) atoms. The summed E-state index contributed by atoms with van der Waals surface area (Å²) in [6.07, 6.45) is -2.08. The molecule has 1 fully saturated rings. The topological polar surface area (TPSA) is 127 Å². The fraction of sp³-hybridized carbons (Fsp3) is 0.714. The molecule has 182 valence electrons. The molecule has 1 aliphatic rings. The first-order valence-electron chi connectivity index (χ1n) is 10.1. The van der Waals surface area contributed by atoms with E-state index < -0.39 is 48.4 Å². The van der Waals surface area contributed by atoms with Gasteiger partial charge in [0.15, 0.2) is 6.61 Å². The van der Waals surface area contributed by atoms with Gasteiger partial charge >= 0.3 is 24.1 Å². The van der Waals surface area contributed by atoms with Crippen molar-refractivity contribution in [2.24, 2.45) is 0 Å². The number of carbonyl (C=O) groups is 4. The lowest BCUT2D eigenvalue weighted by Crippen LogP contribution is -2.63. The number of hydroxylamine groups is 2. The van der Waals surface area contributed by atoms with Gasteiger partial charge in [-0.2, -0.15) is 5.06 Å². The minimum absolute atomic E-state index is 0.310. The lowest BCUT2D eigenvalue weighted by Gasteiger charge is -2.53. The van der Waals surface area contributed by atoms with Crippen molar-refractivity contribution < 1.29 is 47.7 Å². The highest BCUT2D eigenvalue weighted by atomic mass is 16.8. The van der Waals surface area contributed by atoms with E-state index in [9.17, 15) is 19.2 Å². The fourth-order valence-corrected chi connectivity index (χ4v) is 3.71. The Morgan fingerprint density at radius 3 is 2.03 bits per heavy atom. The van der Waals surface area contributed by atoms with E-state index in [-0.39, 0.29) is 12.1 Å². The van der Waals surface area contributed by atoms with Crippen molar-refractivity contribution in [3.05, 3.63) is 12.7 Å². The van der Waals surface area contributed by atoms with E-state index in [1.807, 2.05) is 27.7 Å². The zero-order chi connectivity index (χ0) is 24.7. The van der Waals surface area contributed by atoms with E-state index in [1.165, 1.54) is 20.8 Å². The Hall–Kier alpha value is -2.66. The molecule has 0 bridgehead atoms. The van der Waals surface area contributed by atoms with Crippen molar-refractivity contribution in [1.29, 1.82) is 0 Å². The lowest BCUT2D eigenvalue weighted by atomic mass is 9.80. The molecule has 0 aromatic carbocycles. The zero-order valence-corrected chi connectivity index (χ0v) is 19.7. The van der Waals surface area contributed by atoms with Gasteiger partial charge in [0.1, 0.15) is 6.10 Å². The first-order valence-corrected chi connectivity index (χ1v) is 10.1. The van der Waals surface area contributed by atoms with Gasteiger partial charge in [-0.15, -0.1) is 0 Å². The van der Waals surface area contributed by atoms with E-state index in [1.54, 1.807) is 5.06 Å². The maximum Gasteiger partial charge on any atom is 0.511 e. The Labute approximate surface area is 187 Å². The zero-order valence-electron chi connectivity index (χ0n) is 19.7. The molecule has 0 aromatic rings. The molecule has 0 aliphatic carbocycles. The largest absolute Gasteiger partial charge is 0.511 e. The number of hydrogen-bond donors (Lipinski definition) is 0. The third-order valence-electron chi connectivity index (χ3n) is 4.46. The van der Waals surface area contributed by atoms with E-state index in [0.29, 0.717) is 12.8 Å². The smallest absolute Gasteiger partial charge is 0.462 e. The Morgan fingerprint density at radius 1 is 1.00 bits per heavy atom. The lowest BCUT2D eigenvalue weighted by molar-refractivity contribution is -0.356. The van der Waals surface area contributed by atoms with Gasteiger partial charge < -0.3 is 23.7 Å². The number of nitrogens with zero attached hydrogens (tertiary/aromatic N) is 1. The van der Waals surface area contributed by atoms with Crippen LogP contribution >= 0.6 is 0 Å². The van der Waals surface area contributed by atoms with Gasteiger partial charge in [-0.3, -0.25) is 14.4 Å². The summed E-state index contributed by atoms with van der Waals surface area (Å²) in [5, 5.41) is 1.65. The highest BCUT2D eigenvalue weighted by Crippen LogP contribution is 2.40. The SMILES string of the molecule is C=CC(=O)OC(C)OC(=O)OCC(OC(C)=O)ON1C(C)(C)CC(OC(C)=O)CC1(C)C. The third kappa shape index (κ3) is 8.83. The average molecular weight is 459 g/mol. The average Bonchev–Trinajstić information content (AvgIpc) is 2.60. The summed E-state index contributed by atoms with van der Waals surface area (Å²) >= 11 is 0. The number of ether oxygens (including phenoxy) is 5. The van der Waals surface area contributed by atoms with E-state index in [2.05, 4.69) is 6.58 Å². The first kappa shape index (κ1) is 27.4. The second kappa shape index (κ2) is 11.3. The van der Waals surface area contributed by atoms with Gasteiger partial charge in [-0.25, -0.2) is 9.59 Å². The molecule has 0 spiro atoms. The van der Waals surface area contributed by atoms with Crippen LogP contribution in [0.2, 0.25) is 0 Å². The molecule has 1 saturated heterocycles. The van der Waals surface area contributed by atoms with Crippen molar-refractivity contribution in [3.63, 3.8) is 0 Å². The molecule has 0 amide bonds. The van der Waals surface area contributed by atoms with Crippen LogP contribution in [-0.2, 0) is 42.9 Å². The van der Waals surface area contributed by atoms with Gasteiger partial charge in [0, 0.05) is 50.8 Å². The van der Waals surface area contributed by atoms with Gasteiger partial charge in [-0.1, -0.05) is 6.58 Å². The maximum atomic E-state index is 11.9. The summed E-state index contributed by atoms with van der Waals surface area (Å²) in [5.74, 6) is -1.78. The monoisotopic (exact) mass is 459 g/mol. The number of hydrogen-bond acceptors (Lipinski definition) is 11. The van der Waals surface area contributed by atoms with Crippen LogP contribution in [0.1, 0.15) is 61.3 Å². The molecular formula is C21H33NO10. The molecule has 1 heterocycles. The Morgan fingerprint density at radius 2 is 1.56 bits per heavy atom. The van der Waals surface area contributed by atoms with Crippen LogP contribution in [0.4, 0.5) is 4.79 Å². The second-order valence-corrected chi connectivity index (χ2v) is 8.59. The molecule has 0 saturated carbocycles. The number of piperidine rings is 1. The van der Waals surface area contributed by atoms with E-state index >= 15 is 0 Å². The van der Waals surface area contributed by atoms with Gasteiger partial charge in [0.05, 0.1) is 0 Å². The Kier molecular flexibility index (Phi) is 9.65. The second-order valence-electron chi connectivity index (χ2n) is 8.59. The van der Waals surface area contributed by atoms with Crippen LogP contribution in [0, 0.1) is 0 Å². The van der Waals surface area contributed by atoms with Crippen molar-refractivity contribution in [1.82, 2.24) is 5.06 Å². The van der Waals surface area contributed by atoms with E-state index in [4.69, 9.17) is 28.5 Å². The summed E-state index contributed by atoms with van der Waals surface area (Å²) in [7, 11) is 0. The fourth-order valence-electron chi connectivity index (χ4n) is 3.71. The normalized spacial score (nSPS) is 19.7. The molecule has 0 aromatic heterocycles. The number of carbonyl (C=O) groups excluding carboxylic acids is 4. The quantitative estimate of drug-likeness (QED) is 0.218. The highest BCUT2D eigenvalue weighted by Gasteiger charge is 2.49. The Balaban J connectivity index is 2.82. The molecule has 11 nitrogen and oxygen atoms in total. The molecule has 0 N–H and O–H groups in total. The van der Waals surface area contributed by atoms with Crippen molar-refractivity contribution in [2.45, 2.75) is 91.1 Å². The summed E-state index contributed by atoms with van der Waals surface area (Å²) < 4.78 is 25.0. The molecule has 0 radical (unpaired) electrons. The summed E-state index contributed by atoms with van der Waals surface area (Å²) in [6.45, 7) is 14.2. The van der Waals surface area contributed by atoms with Gasteiger partial charge in [0.2, 0.25) is 6.29 Å². The van der Waals surface area contributed by atoms with Crippen LogP contribution in [0.15, 0.2) is 12.7 Å². The van der Waals surface area contributed by atoms with E-state index in [0.717, 1.165) is 6.08 Å². The highest BCUT2D eigenvalue weighted by molar-refractivity contribution is 5.81. The van der Waals surface area contributed by atoms with Crippen LogP contribution in [-0.4, -0.2) is 65.5 Å². The van der Waals surface area contributed by atoms with Crippen LogP contribution < -0.4 is 0 Å². The third-order valence-corrected chi connectivity index (χ3v) is 4.46.